The Hall–Kier alpha value is -1.40. The van der Waals surface area contributed by atoms with Crippen molar-refractivity contribution >= 4 is 15.7 Å². The van der Waals surface area contributed by atoms with Crippen LogP contribution in [0.1, 0.15) is 31.7 Å². The number of rotatable bonds is 5. The minimum atomic E-state index is -3.10. The first kappa shape index (κ1) is 17.9. The molecule has 1 aromatic rings. The van der Waals surface area contributed by atoms with E-state index in [0.717, 1.165) is 19.1 Å². The van der Waals surface area contributed by atoms with Gasteiger partial charge in [-0.05, 0) is 24.8 Å². The average molecular weight is 338 g/mol. The summed E-state index contributed by atoms with van der Waals surface area (Å²) in [5.41, 5.74) is 7.07. The maximum Gasteiger partial charge on any atom is 0.239 e. The van der Waals surface area contributed by atoms with E-state index in [2.05, 4.69) is 19.1 Å². The lowest BCUT2D eigenvalue weighted by Crippen LogP contribution is -2.52. The molecule has 2 N–H and O–H groups in total. The molecule has 0 bridgehead atoms. The lowest BCUT2D eigenvalue weighted by molar-refractivity contribution is -0.134. The zero-order valence-electron chi connectivity index (χ0n) is 13.9. The van der Waals surface area contributed by atoms with Crippen LogP contribution in [0.15, 0.2) is 30.3 Å². The molecule has 23 heavy (non-hydrogen) atoms. The Morgan fingerprint density at radius 2 is 2.00 bits per heavy atom. The fraction of sp³-hybridized carbons (Fsp3) is 0.588. The number of amides is 1. The molecule has 2 rings (SSSR count). The Morgan fingerprint density at radius 1 is 1.35 bits per heavy atom. The first-order valence-electron chi connectivity index (χ1n) is 7.99. The van der Waals surface area contributed by atoms with Gasteiger partial charge < -0.3 is 10.6 Å². The fourth-order valence-electron chi connectivity index (χ4n) is 3.20. The molecule has 1 amide bonds. The molecule has 0 aliphatic carbocycles. The van der Waals surface area contributed by atoms with Crippen molar-refractivity contribution in [2.24, 2.45) is 5.73 Å². The number of sulfone groups is 1. The Bertz CT molecular complexity index is 645. The molecule has 6 heteroatoms. The number of carbonyl (C=O) groups is 1. The van der Waals surface area contributed by atoms with Crippen molar-refractivity contribution in [2.75, 3.05) is 25.1 Å². The van der Waals surface area contributed by atoms with Crippen molar-refractivity contribution in [3.63, 3.8) is 0 Å². The standard InChI is InChI=1S/C17H26N2O3S/c1-17(14-7-4-3-5-8-14)10-6-11-19(13-17)16(20)15(18)9-12-23(2,21)22/h3-5,7-8,15H,6,9-13,18H2,1-2H3/t15-,17+/m0/s1. The highest BCUT2D eigenvalue weighted by molar-refractivity contribution is 7.90. The fourth-order valence-corrected chi connectivity index (χ4v) is 3.88. The van der Waals surface area contributed by atoms with Gasteiger partial charge in [0, 0.05) is 24.8 Å². The van der Waals surface area contributed by atoms with Gasteiger partial charge in [-0.2, -0.15) is 0 Å². The summed E-state index contributed by atoms with van der Waals surface area (Å²) in [7, 11) is -3.10. The normalized spacial score (nSPS) is 23.5. The minimum absolute atomic E-state index is 0.0519. The topological polar surface area (TPSA) is 80.5 Å². The molecule has 0 unspecified atom stereocenters. The molecule has 1 aliphatic rings. The van der Waals surface area contributed by atoms with Crippen molar-refractivity contribution in [3.05, 3.63) is 35.9 Å². The number of piperidine rings is 1. The summed E-state index contributed by atoms with van der Waals surface area (Å²) in [5.74, 6) is -0.195. The van der Waals surface area contributed by atoms with Crippen molar-refractivity contribution in [3.8, 4) is 0 Å². The first-order valence-corrected chi connectivity index (χ1v) is 10.0. The monoisotopic (exact) mass is 338 g/mol. The van der Waals surface area contributed by atoms with Crippen LogP contribution in [0.25, 0.3) is 0 Å². The van der Waals surface area contributed by atoms with Crippen LogP contribution in [0.5, 0.6) is 0 Å². The second-order valence-corrected chi connectivity index (χ2v) is 9.07. The van der Waals surface area contributed by atoms with Crippen LogP contribution < -0.4 is 5.73 Å². The molecule has 1 fully saturated rings. The highest BCUT2D eigenvalue weighted by Crippen LogP contribution is 2.33. The van der Waals surface area contributed by atoms with Crippen LogP contribution in [-0.4, -0.2) is 50.4 Å². The van der Waals surface area contributed by atoms with Gasteiger partial charge in [0.15, 0.2) is 0 Å². The van der Waals surface area contributed by atoms with E-state index in [9.17, 15) is 13.2 Å². The van der Waals surface area contributed by atoms with Crippen LogP contribution in [0.4, 0.5) is 0 Å². The molecule has 1 aromatic carbocycles. The van der Waals surface area contributed by atoms with Crippen molar-refractivity contribution in [1.29, 1.82) is 0 Å². The Morgan fingerprint density at radius 3 is 2.61 bits per heavy atom. The van der Waals surface area contributed by atoms with E-state index in [0.29, 0.717) is 13.1 Å². The number of hydrogen-bond acceptors (Lipinski definition) is 4. The summed E-state index contributed by atoms with van der Waals surface area (Å²) in [6, 6.07) is 9.45. The summed E-state index contributed by atoms with van der Waals surface area (Å²) in [4.78, 5) is 14.3. The lowest BCUT2D eigenvalue weighted by Gasteiger charge is -2.41. The van der Waals surface area contributed by atoms with Crippen molar-refractivity contribution in [1.82, 2.24) is 4.90 Å². The van der Waals surface area contributed by atoms with Crippen molar-refractivity contribution in [2.45, 2.75) is 37.6 Å². The third-order valence-electron chi connectivity index (χ3n) is 4.60. The summed E-state index contributed by atoms with van der Waals surface area (Å²) < 4.78 is 22.5. The first-order chi connectivity index (χ1) is 10.7. The van der Waals surface area contributed by atoms with Crippen LogP contribution in [0.2, 0.25) is 0 Å². The van der Waals surface area contributed by atoms with Crippen LogP contribution in [-0.2, 0) is 20.0 Å². The number of likely N-dealkylation sites (tertiary alicyclic amines) is 1. The zero-order valence-corrected chi connectivity index (χ0v) is 14.7. The molecule has 0 radical (unpaired) electrons. The summed E-state index contributed by atoms with van der Waals surface area (Å²) >= 11 is 0. The van der Waals surface area contributed by atoms with E-state index < -0.39 is 15.9 Å². The zero-order chi connectivity index (χ0) is 17.1. The largest absolute Gasteiger partial charge is 0.340 e. The third kappa shape index (κ3) is 4.78. The highest BCUT2D eigenvalue weighted by atomic mass is 32.2. The number of nitrogens with two attached hydrogens (primary N) is 1. The lowest BCUT2D eigenvalue weighted by atomic mass is 9.76. The molecule has 1 aliphatic heterocycles. The summed E-state index contributed by atoms with van der Waals surface area (Å²) in [5, 5.41) is 0. The van der Waals surface area contributed by atoms with Crippen LogP contribution in [0.3, 0.4) is 0 Å². The maximum atomic E-state index is 12.5. The predicted octanol–water partition coefficient (Wildman–Crippen LogP) is 1.33. The Kier molecular flexibility index (Phi) is 5.47. The van der Waals surface area contributed by atoms with Gasteiger partial charge in [-0.1, -0.05) is 37.3 Å². The highest BCUT2D eigenvalue weighted by Gasteiger charge is 2.35. The molecule has 128 valence electrons. The summed E-state index contributed by atoms with van der Waals surface area (Å²) in [6.45, 7) is 3.49. The molecular weight excluding hydrogens is 312 g/mol. The van der Waals surface area contributed by atoms with Gasteiger partial charge in [0.05, 0.1) is 11.8 Å². The number of nitrogens with zero attached hydrogens (tertiary/aromatic N) is 1. The molecule has 5 nitrogen and oxygen atoms in total. The molecular formula is C17H26N2O3S. The van der Waals surface area contributed by atoms with E-state index in [-0.39, 0.29) is 23.5 Å². The second kappa shape index (κ2) is 7.01. The molecule has 0 aromatic heterocycles. The predicted molar refractivity (Wildman–Crippen MR) is 91.9 cm³/mol. The van der Waals surface area contributed by atoms with Crippen LogP contribution in [0, 0.1) is 0 Å². The van der Waals surface area contributed by atoms with Gasteiger partial charge in [0.25, 0.3) is 0 Å². The minimum Gasteiger partial charge on any atom is -0.340 e. The number of hydrogen-bond donors (Lipinski definition) is 1. The maximum absolute atomic E-state index is 12.5. The summed E-state index contributed by atoms with van der Waals surface area (Å²) in [6.07, 6.45) is 3.29. The van der Waals surface area contributed by atoms with Gasteiger partial charge in [0.2, 0.25) is 5.91 Å². The average Bonchev–Trinajstić information content (AvgIpc) is 2.52. The van der Waals surface area contributed by atoms with Crippen LogP contribution >= 0.6 is 0 Å². The van der Waals surface area contributed by atoms with Crippen molar-refractivity contribution < 1.29 is 13.2 Å². The molecule has 1 heterocycles. The smallest absolute Gasteiger partial charge is 0.239 e. The third-order valence-corrected chi connectivity index (χ3v) is 5.57. The van der Waals surface area contributed by atoms with Gasteiger partial charge in [-0.3, -0.25) is 4.79 Å². The van der Waals surface area contributed by atoms with Gasteiger partial charge in [0.1, 0.15) is 9.84 Å². The Balaban J connectivity index is 2.04. The number of carbonyl (C=O) groups excluding carboxylic acids is 1. The van der Waals surface area contributed by atoms with Gasteiger partial charge in [-0.25, -0.2) is 8.42 Å². The Labute approximate surface area is 138 Å². The second-order valence-electron chi connectivity index (χ2n) is 6.82. The molecule has 0 spiro atoms. The molecule has 1 saturated heterocycles. The van der Waals surface area contributed by atoms with E-state index >= 15 is 0 Å². The van der Waals surface area contributed by atoms with E-state index in [1.54, 1.807) is 4.90 Å². The van der Waals surface area contributed by atoms with E-state index in [4.69, 9.17) is 5.73 Å². The quantitative estimate of drug-likeness (QED) is 0.878. The van der Waals surface area contributed by atoms with E-state index in [1.807, 2.05) is 18.2 Å². The van der Waals surface area contributed by atoms with Gasteiger partial charge in [-0.15, -0.1) is 0 Å². The molecule has 2 atom stereocenters. The number of benzene rings is 1. The molecule has 0 saturated carbocycles. The van der Waals surface area contributed by atoms with Gasteiger partial charge >= 0.3 is 0 Å². The SMILES string of the molecule is C[C@@]1(c2ccccc2)CCCN(C(=O)[C@@H](N)CCS(C)(=O)=O)C1. The van der Waals surface area contributed by atoms with E-state index in [1.165, 1.54) is 5.56 Å².